The van der Waals surface area contributed by atoms with Crippen molar-refractivity contribution in [2.24, 2.45) is 16.7 Å². The van der Waals surface area contributed by atoms with E-state index in [1.54, 1.807) is 7.11 Å². The highest BCUT2D eigenvalue weighted by atomic mass is 32.2. The zero-order valence-corrected chi connectivity index (χ0v) is 9.79. The van der Waals surface area contributed by atoms with Crippen LogP contribution in [-0.2, 0) is 14.2 Å². The highest BCUT2D eigenvalue weighted by Gasteiger charge is 1.93. The summed E-state index contributed by atoms with van der Waals surface area (Å²) in [5.74, 6) is 5.69. The van der Waals surface area contributed by atoms with E-state index in [1.165, 1.54) is 11.8 Å². The SMILES string of the molecule is COCCOCCOCCSC(N)=NN. The molecule has 0 aromatic rings. The van der Waals surface area contributed by atoms with Crippen LogP contribution >= 0.6 is 11.8 Å². The molecule has 0 fully saturated rings. The first kappa shape index (κ1) is 14.5. The number of rotatable bonds is 9. The zero-order chi connectivity index (χ0) is 11.4. The standard InChI is InChI=1S/C8H19N3O3S/c1-12-2-3-13-4-5-14-6-7-15-8(9)11-10/h2-7,10H2,1H3,(H2,9,11). The molecular weight excluding hydrogens is 218 g/mol. The Bertz CT molecular complexity index is 169. The van der Waals surface area contributed by atoms with Gasteiger partial charge in [-0.2, -0.15) is 5.10 Å². The number of thioether (sulfide) groups is 1. The first-order valence-corrected chi connectivity index (χ1v) is 5.60. The van der Waals surface area contributed by atoms with Gasteiger partial charge in [0.05, 0.1) is 33.0 Å². The summed E-state index contributed by atoms with van der Waals surface area (Å²) in [4.78, 5) is 0. The molecule has 0 aromatic carbocycles. The number of hydrazone groups is 1. The van der Waals surface area contributed by atoms with Gasteiger partial charge in [0.15, 0.2) is 5.17 Å². The molecule has 0 aromatic heterocycles. The van der Waals surface area contributed by atoms with Crippen molar-refractivity contribution in [1.82, 2.24) is 0 Å². The Hall–Kier alpha value is -0.500. The molecule has 90 valence electrons. The maximum Gasteiger partial charge on any atom is 0.177 e. The highest BCUT2D eigenvalue weighted by molar-refractivity contribution is 8.13. The van der Waals surface area contributed by atoms with Crippen LogP contribution < -0.4 is 11.6 Å². The summed E-state index contributed by atoms with van der Waals surface area (Å²) in [5, 5.41) is 3.69. The Morgan fingerprint density at radius 3 is 2.33 bits per heavy atom. The summed E-state index contributed by atoms with van der Waals surface area (Å²) in [6.07, 6.45) is 0. The molecule has 4 N–H and O–H groups in total. The van der Waals surface area contributed by atoms with E-state index in [0.717, 1.165) is 5.75 Å². The average Bonchev–Trinajstić information content (AvgIpc) is 2.26. The summed E-state index contributed by atoms with van der Waals surface area (Å²) in [5.41, 5.74) is 5.36. The van der Waals surface area contributed by atoms with Gasteiger partial charge in [-0.25, -0.2) is 0 Å². The summed E-state index contributed by atoms with van der Waals surface area (Å²) < 4.78 is 15.3. The van der Waals surface area contributed by atoms with Gasteiger partial charge in [-0.1, -0.05) is 11.8 Å². The number of hydrogen-bond acceptors (Lipinski definition) is 6. The van der Waals surface area contributed by atoms with E-state index in [2.05, 4.69) is 5.10 Å². The molecule has 0 rings (SSSR count). The van der Waals surface area contributed by atoms with Crippen molar-refractivity contribution >= 4 is 16.9 Å². The van der Waals surface area contributed by atoms with Crippen LogP contribution in [0.25, 0.3) is 0 Å². The van der Waals surface area contributed by atoms with Gasteiger partial charge in [0, 0.05) is 12.9 Å². The molecule has 0 spiro atoms. The normalized spacial score (nSPS) is 11.9. The van der Waals surface area contributed by atoms with E-state index in [9.17, 15) is 0 Å². The van der Waals surface area contributed by atoms with E-state index < -0.39 is 0 Å². The van der Waals surface area contributed by atoms with Crippen molar-refractivity contribution < 1.29 is 14.2 Å². The van der Waals surface area contributed by atoms with Crippen molar-refractivity contribution in [3.05, 3.63) is 0 Å². The number of ether oxygens (including phenoxy) is 3. The predicted octanol–water partition coefficient (Wildman–Crippen LogP) is -0.412. The Morgan fingerprint density at radius 1 is 1.13 bits per heavy atom. The minimum absolute atomic E-state index is 0.370. The Kier molecular flexibility index (Phi) is 11.2. The van der Waals surface area contributed by atoms with Gasteiger partial charge in [0.25, 0.3) is 0 Å². The van der Waals surface area contributed by atoms with Crippen LogP contribution in [0.3, 0.4) is 0 Å². The highest BCUT2D eigenvalue weighted by Crippen LogP contribution is 1.97. The predicted molar refractivity (Wildman–Crippen MR) is 61.8 cm³/mol. The minimum Gasteiger partial charge on any atom is -0.382 e. The van der Waals surface area contributed by atoms with Crippen LogP contribution in [0, 0.1) is 0 Å². The maximum absolute atomic E-state index is 5.36. The van der Waals surface area contributed by atoms with Crippen molar-refractivity contribution in [3.8, 4) is 0 Å². The fourth-order valence-corrected chi connectivity index (χ4v) is 1.19. The molecule has 0 bridgehead atoms. The number of nitrogens with zero attached hydrogens (tertiary/aromatic N) is 1. The molecule has 0 heterocycles. The molecule has 0 radical (unpaired) electrons. The third-order valence-electron chi connectivity index (χ3n) is 1.41. The van der Waals surface area contributed by atoms with Crippen LogP contribution in [0.4, 0.5) is 0 Å². The van der Waals surface area contributed by atoms with Crippen molar-refractivity contribution in [1.29, 1.82) is 0 Å². The molecule has 6 nitrogen and oxygen atoms in total. The maximum atomic E-state index is 5.36. The van der Waals surface area contributed by atoms with E-state index in [1.807, 2.05) is 0 Å². The molecule has 0 aliphatic carbocycles. The van der Waals surface area contributed by atoms with Crippen molar-refractivity contribution in [2.75, 3.05) is 45.9 Å². The Labute approximate surface area is 94.3 Å². The van der Waals surface area contributed by atoms with Crippen molar-refractivity contribution in [2.45, 2.75) is 0 Å². The molecule has 0 unspecified atom stereocenters. The van der Waals surface area contributed by atoms with Gasteiger partial charge >= 0.3 is 0 Å². The van der Waals surface area contributed by atoms with Gasteiger partial charge in [-0.05, 0) is 0 Å². The summed E-state index contributed by atoms with van der Waals surface area (Å²) >= 11 is 1.37. The smallest absolute Gasteiger partial charge is 0.177 e. The van der Waals surface area contributed by atoms with Crippen molar-refractivity contribution in [3.63, 3.8) is 0 Å². The van der Waals surface area contributed by atoms with Crippen LogP contribution in [0.5, 0.6) is 0 Å². The van der Waals surface area contributed by atoms with E-state index in [4.69, 9.17) is 25.8 Å². The second kappa shape index (κ2) is 11.6. The monoisotopic (exact) mass is 237 g/mol. The molecule has 0 saturated carbocycles. The summed E-state index contributed by atoms with van der Waals surface area (Å²) in [6.45, 7) is 2.97. The third kappa shape index (κ3) is 11.4. The summed E-state index contributed by atoms with van der Waals surface area (Å²) in [7, 11) is 1.64. The first-order valence-electron chi connectivity index (χ1n) is 4.61. The lowest BCUT2D eigenvalue weighted by molar-refractivity contribution is 0.0286. The first-order chi connectivity index (χ1) is 7.31. The molecule has 0 atom stereocenters. The minimum atomic E-state index is 0.370. The fraction of sp³-hybridized carbons (Fsp3) is 0.875. The number of nitrogens with two attached hydrogens (primary N) is 2. The number of methoxy groups -OCH3 is 1. The quantitative estimate of drug-likeness (QED) is 0.186. The fourth-order valence-electron chi connectivity index (χ4n) is 0.707. The number of hydrogen-bond donors (Lipinski definition) is 2. The lowest BCUT2D eigenvalue weighted by Crippen LogP contribution is -2.13. The summed E-state index contributed by atoms with van der Waals surface area (Å²) in [6, 6.07) is 0. The van der Waals surface area contributed by atoms with Crippen LogP contribution in [-0.4, -0.2) is 51.1 Å². The lowest BCUT2D eigenvalue weighted by Gasteiger charge is -2.04. The topological polar surface area (TPSA) is 92.1 Å². The average molecular weight is 237 g/mol. The molecule has 0 amide bonds. The van der Waals surface area contributed by atoms with Crippen LogP contribution in [0.15, 0.2) is 5.10 Å². The molecule has 0 saturated heterocycles. The lowest BCUT2D eigenvalue weighted by atomic mass is 10.7. The molecule has 7 heteroatoms. The van der Waals surface area contributed by atoms with Gasteiger partial charge in [-0.15, -0.1) is 0 Å². The van der Waals surface area contributed by atoms with Gasteiger partial charge < -0.3 is 25.8 Å². The Balaban J connectivity index is 2.99. The van der Waals surface area contributed by atoms with Gasteiger partial charge in [0.2, 0.25) is 0 Å². The second-order valence-corrected chi connectivity index (χ2v) is 3.65. The van der Waals surface area contributed by atoms with Crippen LogP contribution in [0.2, 0.25) is 0 Å². The largest absolute Gasteiger partial charge is 0.382 e. The second-order valence-electron chi connectivity index (χ2n) is 2.53. The number of amidine groups is 1. The molecule has 15 heavy (non-hydrogen) atoms. The third-order valence-corrected chi connectivity index (χ3v) is 2.18. The molecular formula is C8H19N3O3S. The van der Waals surface area contributed by atoms with Crippen LogP contribution in [0.1, 0.15) is 0 Å². The Morgan fingerprint density at radius 2 is 1.73 bits per heavy atom. The van der Waals surface area contributed by atoms with Gasteiger partial charge in [0.1, 0.15) is 0 Å². The van der Waals surface area contributed by atoms with E-state index in [-0.39, 0.29) is 0 Å². The van der Waals surface area contributed by atoms with Gasteiger partial charge in [-0.3, -0.25) is 0 Å². The molecule has 0 aliphatic heterocycles. The van der Waals surface area contributed by atoms with E-state index in [0.29, 0.717) is 38.2 Å². The zero-order valence-electron chi connectivity index (χ0n) is 8.98. The molecule has 0 aliphatic rings. The van der Waals surface area contributed by atoms with E-state index >= 15 is 0 Å².